The van der Waals surface area contributed by atoms with E-state index in [1.807, 2.05) is 0 Å². The van der Waals surface area contributed by atoms with E-state index in [1.54, 1.807) is 30.1 Å². The molecule has 11 nitrogen and oxygen atoms in total. The van der Waals surface area contributed by atoms with E-state index in [9.17, 15) is 14.0 Å². The van der Waals surface area contributed by atoms with Crippen LogP contribution in [0.2, 0.25) is 0 Å². The Hall–Kier alpha value is -3.93. The number of aryl methyl sites for hydroxylation is 1. The van der Waals surface area contributed by atoms with Gasteiger partial charge >= 0.3 is 0 Å². The Bertz CT molecular complexity index is 1260. The molecule has 0 saturated heterocycles. The van der Waals surface area contributed by atoms with Crippen molar-refractivity contribution >= 4 is 11.8 Å². The molecule has 12 heteroatoms. The van der Waals surface area contributed by atoms with Gasteiger partial charge in [-0.25, -0.2) is 19.3 Å². The lowest BCUT2D eigenvalue weighted by Gasteiger charge is -2.28. The summed E-state index contributed by atoms with van der Waals surface area (Å²) in [6.45, 7) is 2.06. The van der Waals surface area contributed by atoms with Crippen LogP contribution in [0.4, 0.5) is 4.39 Å². The monoisotopic (exact) mass is 511 g/mol. The molecule has 3 aromatic rings. The third-order valence-electron chi connectivity index (χ3n) is 6.31. The van der Waals surface area contributed by atoms with Crippen LogP contribution in [0.1, 0.15) is 47.6 Å². The van der Waals surface area contributed by atoms with Gasteiger partial charge in [0.25, 0.3) is 5.91 Å². The molecular formula is C25H30FN7O4. The standard InChI is InChI=1S/C25H30FN7O4/c1-15-29-20(10-21(30-15)25(36)27-11-17-5-8-19(26)22(9-17)37-2)24-28-14-33(32-24)12-16-3-6-18(7-4-16)31-23(35)13-34/h5,8-10,14,16,18,34H,3-4,6-7,11-13H2,1-2H3,(H,27,36)(H,31,35). The number of methoxy groups -OCH3 is 1. The van der Waals surface area contributed by atoms with E-state index < -0.39 is 18.3 Å². The highest BCUT2D eigenvalue weighted by Crippen LogP contribution is 2.26. The van der Waals surface area contributed by atoms with E-state index in [0.717, 1.165) is 25.7 Å². The molecule has 37 heavy (non-hydrogen) atoms. The highest BCUT2D eigenvalue weighted by molar-refractivity contribution is 5.93. The van der Waals surface area contributed by atoms with Gasteiger partial charge in [-0.05, 0) is 62.3 Å². The number of aliphatic hydroxyl groups is 1. The second-order valence-electron chi connectivity index (χ2n) is 9.07. The van der Waals surface area contributed by atoms with Crippen molar-refractivity contribution in [2.24, 2.45) is 5.92 Å². The number of halogens is 1. The van der Waals surface area contributed by atoms with Crippen molar-refractivity contribution in [1.82, 2.24) is 35.4 Å². The number of aromatic nitrogens is 5. The molecule has 0 aliphatic heterocycles. The van der Waals surface area contributed by atoms with Gasteiger partial charge in [-0.2, -0.15) is 0 Å². The van der Waals surface area contributed by atoms with Gasteiger partial charge in [-0.3, -0.25) is 14.3 Å². The number of nitrogens with zero attached hydrogens (tertiary/aromatic N) is 5. The number of amides is 2. The molecule has 0 bridgehead atoms. The van der Waals surface area contributed by atoms with Gasteiger partial charge in [-0.15, -0.1) is 5.10 Å². The first-order chi connectivity index (χ1) is 17.8. The van der Waals surface area contributed by atoms with Crippen molar-refractivity contribution in [3.05, 3.63) is 53.5 Å². The SMILES string of the molecule is COc1cc(CNC(=O)c2cc(-c3ncn(CC4CCC(NC(=O)CO)CC4)n3)nc(C)n2)ccc1F. The van der Waals surface area contributed by atoms with Crippen LogP contribution in [0.5, 0.6) is 5.75 Å². The van der Waals surface area contributed by atoms with Crippen molar-refractivity contribution < 1.29 is 23.8 Å². The fourth-order valence-corrected chi connectivity index (χ4v) is 4.41. The van der Waals surface area contributed by atoms with Gasteiger partial charge in [0.15, 0.2) is 17.4 Å². The largest absolute Gasteiger partial charge is 0.494 e. The molecule has 1 fully saturated rings. The van der Waals surface area contributed by atoms with Crippen LogP contribution in [0.15, 0.2) is 30.6 Å². The van der Waals surface area contributed by atoms with Crippen LogP contribution >= 0.6 is 0 Å². The third kappa shape index (κ3) is 6.85. The molecule has 1 saturated carbocycles. The van der Waals surface area contributed by atoms with Crippen molar-refractivity contribution in [1.29, 1.82) is 0 Å². The topological polar surface area (TPSA) is 144 Å². The molecule has 0 unspecified atom stereocenters. The molecule has 1 aliphatic carbocycles. The maximum Gasteiger partial charge on any atom is 0.270 e. The number of aliphatic hydroxyl groups excluding tert-OH is 1. The summed E-state index contributed by atoms with van der Waals surface area (Å²) in [7, 11) is 1.38. The second kappa shape index (κ2) is 11.9. The first-order valence-corrected chi connectivity index (χ1v) is 12.1. The predicted octanol–water partition coefficient (Wildman–Crippen LogP) is 1.79. The minimum atomic E-state index is -0.489. The normalized spacial score (nSPS) is 17.3. The lowest BCUT2D eigenvalue weighted by Crippen LogP contribution is -2.39. The number of benzene rings is 1. The quantitative estimate of drug-likeness (QED) is 0.394. The van der Waals surface area contributed by atoms with Crippen LogP contribution in [0, 0.1) is 18.7 Å². The highest BCUT2D eigenvalue weighted by atomic mass is 19.1. The number of hydrogen-bond donors (Lipinski definition) is 3. The van der Waals surface area contributed by atoms with Crippen molar-refractivity contribution in [2.75, 3.05) is 13.7 Å². The molecule has 3 N–H and O–H groups in total. The number of rotatable bonds is 9. The van der Waals surface area contributed by atoms with Gasteiger partial charge in [-0.1, -0.05) is 6.07 Å². The van der Waals surface area contributed by atoms with Crippen LogP contribution in [-0.4, -0.2) is 61.4 Å². The molecule has 2 aromatic heterocycles. The summed E-state index contributed by atoms with van der Waals surface area (Å²) in [6.07, 6.45) is 5.22. The van der Waals surface area contributed by atoms with E-state index in [0.29, 0.717) is 35.4 Å². The molecular weight excluding hydrogens is 481 g/mol. The molecule has 196 valence electrons. The summed E-state index contributed by atoms with van der Waals surface area (Å²) in [4.78, 5) is 37.2. The van der Waals surface area contributed by atoms with E-state index in [2.05, 4.69) is 30.7 Å². The summed E-state index contributed by atoms with van der Waals surface area (Å²) >= 11 is 0. The van der Waals surface area contributed by atoms with Crippen molar-refractivity contribution in [3.8, 4) is 17.3 Å². The fraction of sp³-hybridized carbons (Fsp3) is 0.440. The van der Waals surface area contributed by atoms with Gasteiger partial charge in [0.1, 0.15) is 30.1 Å². The average molecular weight is 512 g/mol. The van der Waals surface area contributed by atoms with Crippen molar-refractivity contribution in [3.63, 3.8) is 0 Å². The third-order valence-corrected chi connectivity index (χ3v) is 6.31. The number of carbonyl (C=O) groups excluding carboxylic acids is 2. The van der Waals surface area contributed by atoms with Crippen molar-refractivity contribution in [2.45, 2.75) is 51.7 Å². The maximum absolute atomic E-state index is 13.6. The Labute approximate surface area is 213 Å². The zero-order valence-corrected chi connectivity index (χ0v) is 20.8. The van der Waals surface area contributed by atoms with Crippen LogP contribution < -0.4 is 15.4 Å². The maximum atomic E-state index is 13.6. The minimum Gasteiger partial charge on any atom is -0.494 e. The summed E-state index contributed by atoms with van der Waals surface area (Å²) in [6, 6.07) is 6.03. The Balaban J connectivity index is 1.36. The minimum absolute atomic E-state index is 0.0980. The average Bonchev–Trinajstić information content (AvgIpc) is 3.37. The van der Waals surface area contributed by atoms with Crippen LogP contribution in [-0.2, 0) is 17.9 Å². The molecule has 0 radical (unpaired) electrons. The van der Waals surface area contributed by atoms with Gasteiger partial charge in [0.2, 0.25) is 5.91 Å². The smallest absolute Gasteiger partial charge is 0.270 e. The number of hydrogen-bond acceptors (Lipinski definition) is 8. The number of ether oxygens (including phenoxy) is 1. The fourth-order valence-electron chi connectivity index (χ4n) is 4.41. The zero-order chi connectivity index (χ0) is 26.4. The zero-order valence-electron chi connectivity index (χ0n) is 20.8. The molecule has 2 amide bonds. The Morgan fingerprint density at radius 1 is 1.19 bits per heavy atom. The van der Waals surface area contributed by atoms with Crippen LogP contribution in [0.25, 0.3) is 11.5 Å². The van der Waals surface area contributed by atoms with E-state index in [1.165, 1.54) is 19.2 Å². The molecule has 1 aliphatic rings. The highest BCUT2D eigenvalue weighted by Gasteiger charge is 2.23. The second-order valence-corrected chi connectivity index (χ2v) is 9.07. The number of nitrogens with one attached hydrogen (secondary N) is 2. The van der Waals surface area contributed by atoms with E-state index >= 15 is 0 Å². The predicted molar refractivity (Wildman–Crippen MR) is 131 cm³/mol. The molecule has 0 spiro atoms. The van der Waals surface area contributed by atoms with Gasteiger partial charge in [0, 0.05) is 19.1 Å². The molecule has 0 atom stereocenters. The summed E-state index contributed by atoms with van der Waals surface area (Å²) < 4.78 is 20.4. The van der Waals surface area contributed by atoms with Gasteiger partial charge < -0.3 is 20.5 Å². The lowest BCUT2D eigenvalue weighted by molar-refractivity contribution is -0.124. The number of carbonyl (C=O) groups is 2. The van der Waals surface area contributed by atoms with E-state index in [-0.39, 0.29) is 29.9 Å². The first-order valence-electron chi connectivity index (χ1n) is 12.1. The Kier molecular flexibility index (Phi) is 8.39. The van der Waals surface area contributed by atoms with E-state index in [4.69, 9.17) is 9.84 Å². The molecule has 2 heterocycles. The first kappa shape index (κ1) is 26.1. The molecule has 4 rings (SSSR count). The lowest BCUT2D eigenvalue weighted by atomic mass is 9.86. The Morgan fingerprint density at radius 3 is 2.70 bits per heavy atom. The molecule has 1 aromatic carbocycles. The van der Waals surface area contributed by atoms with Crippen LogP contribution in [0.3, 0.4) is 0 Å². The summed E-state index contributed by atoms with van der Waals surface area (Å²) in [5.74, 6) is 0.0930. The Morgan fingerprint density at radius 2 is 1.97 bits per heavy atom. The summed E-state index contributed by atoms with van der Waals surface area (Å²) in [5.41, 5.74) is 1.30. The summed E-state index contributed by atoms with van der Waals surface area (Å²) in [5, 5.41) is 19.1. The van der Waals surface area contributed by atoms with Gasteiger partial charge in [0.05, 0.1) is 7.11 Å².